The summed E-state index contributed by atoms with van der Waals surface area (Å²) in [7, 11) is -3.85. The third-order valence-corrected chi connectivity index (χ3v) is 5.92. The number of anilines is 2. The highest BCUT2D eigenvalue weighted by molar-refractivity contribution is 9.10. The van der Waals surface area contributed by atoms with Crippen LogP contribution >= 0.6 is 15.9 Å². The number of primary amides is 1. The standard InChI is InChI=1S/C20H15BrFN3O4S/c21-13-4-7-16(8-5-13)30(28,29)25-15-3-1-2-12(10-15)20(27)24-14-6-9-18(22)17(11-14)19(23)26/h1-11,25H,(H2,23,26)(H,24,27). The van der Waals surface area contributed by atoms with Gasteiger partial charge in [-0.2, -0.15) is 0 Å². The lowest BCUT2D eigenvalue weighted by Crippen LogP contribution is -2.16. The minimum atomic E-state index is -3.85. The second-order valence-corrected chi connectivity index (χ2v) is 8.75. The lowest BCUT2D eigenvalue weighted by Gasteiger charge is -2.11. The van der Waals surface area contributed by atoms with E-state index < -0.39 is 27.7 Å². The molecular weight excluding hydrogens is 477 g/mol. The van der Waals surface area contributed by atoms with Gasteiger partial charge in [0.1, 0.15) is 5.82 Å². The van der Waals surface area contributed by atoms with E-state index in [1.807, 2.05) is 0 Å². The van der Waals surface area contributed by atoms with Crippen molar-refractivity contribution in [3.05, 3.63) is 88.1 Å². The van der Waals surface area contributed by atoms with Gasteiger partial charge in [-0.15, -0.1) is 0 Å². The molecule has 0 radical (unpaired) electrons. The van der Waals surface area contributed by atoms with Gasteiger partial charge in [-0.3, -0.25) is 14.3 Å². The summed E-state index contributed by atoms with van der Waals surface area (Å²) in [5.41, 5.74) is 5.24. The maximum atomic E-state index is 13.6. The molecule has 0 heterocycles. The number of amides is 2. The average molecular weight is 492 g/mol. The van der Waals surface area contributed by atoms with Gasteiger partial charge in [-0.25, -0.2) is 12.8 Å². The number of carbonyl (C=O) groups excluding carboxylic acids is 2. The molecule has 7 nitrogen and oxygen atoms in total. The molecule has 3 rings (SSSR count). The molecule has 154 valence electrons. The smallest absolute Gasteiger partial charge is 0.261 e. The third-order valence-electron chi connectivity index (χ3n) is 3.99. The van der Waals surface area contributed by atoms with Crippen LogP contribution in [0.15, 0.2) is 76.1 Å². The molecule has 0 saturated carbocycles. The Balaban J connectivity index is 1.80. The number of sulfonamides is 1. The van der Waals surface area contributed by atoms with Crippen molar-refractivity contribution in [2.75, 3.05) is 10.0 Å². The average Bonchev–Trinajstić information content (AvgIpc) is 2.69. The van der Waals surface area contributed by atoms with Crippen molar-refractivity contribution in [1.29, 1.82) is 0 Å². The summed E-state index contributed by atoms with van der Waals surface area (Å²) in [6.45, 7) is 0. The molecule has 0 spiro atoms. The van der Waals surface area contributed by atoms with Gasteiger partial charge in [-0.05, 0) is 60.7 Å². The Kier molecular flexibility index (Phi) is 6.18. The zero-order valence-corrected chi connectivity index (χ0v) is 17.6. The Labute approximate surface area is 180 Å². The zero-order chi connectivity index (χ0) is 21.9. The molecule has 0 atom stereocenters. The van der Waals surface area contributed by atoms with Gasteiger partial charge < -0.3 is 11.1 Å². The van der Waals surface area contributed by atoms with Crippen LogP contribution in [0.1, 0.15) is 20.7 Å². The summed E-state index contributed by atoms with van der Waals surface area (Å²) in [6, 6.07) is 15.3. The summed E-state index contributed by atoms with van der Waals surface area (Å²) < 4.78 is 41.7. The van der Waals surface area contributed by atoms with E-state index in [4.69, 9.17) is 5.73 Å². The van der Waals surface area contributed by atoms with E-state index in [0.29, 0.717) is 0 Å². The Bertz CT molecular complexity index is 1230. The lowest BCUT2D eigenvalue weighted by atomic mass is 10.1. The van der Waals surface area contributed by atoms with Crippen molar-refractivity contribution in [3.8, 4) is 0 Å². The second-order valence-electron chi connectivity index (χ2n) is 6.15. The van der Waals surface area contributed by atoms with Crippen LogP contribution in [-0.2, 0) is 10.0 Å². The third kappa shape index (κ3) is 5.02. The molecule has 30 heavy (non-hydrogen) atoms. The maximum Gasteiger partial charge on any atom is 0.261 e. The van der Waals surface area contributed by atoms with Crippen molar-refractivity contribution in [2.24, 2.45) is 5.73 Å². The largest absolute Gasteiger partial charge is 0.366 e. The first-order valence-electron chi connectivity index (χ1n) is 8.45. The first kappa shape index (κ1) is 21.5. The fraction of sp³-hybridized carbons (Fsp3) is 0. The predicted octanol–water partition coefficient (Wildman–Crippen LogP) is 3.74. The summed E-state index contributed by atoms with van der Waals surface area (Å²) >= 11 is 3.24. The molecule has 0 saturated heterocycles. The van der Waals surface area contributed by atoms with Gasteiger partial charge in [0, 0.05) is 21.4 Å². The van der Waals surface area contributed by atoms with E-state index >= 15 is 0 Å². The van der Waals surface area contributed by atoms with E-state index in [-0.39, 0.29) is 27.4 Å². The highest BCUT2D eigenvalue weighted by Gasteiger charge is 2.16. The van der Waals surface area contributed by atoms with Crippen molar-refractivity contribution < 1.29 is 22.4 Å². The Morgan fingerprint density at radius 1 is 0.933 bits per heavy atom. The van der Waals surface area contributed by atoms with Crippen molar-refractivity contribution in [1.82, 2.24) is 0 Å². The number of hydrogen-bond donors (Lipinski definition) is 3. The van der Waals surface area contributed by atoms with Crippen LogP contribution in [0.4, 0.5) is 15.8 Å². The molecule has 0 aliphatic carbocycles. The molecule has 2 amide bonds. The van der Waals surface area contributed by atoms with E-state index in [1.54, 1.807) is 12.1 Å². The molecule has 0 aliphatic heterocycles. The fourth-order valence-electron chi connectivity index (χ4n) is 2.55. The molecular formula is C20H15BrFN3O4S. The molecule has 3 aromatic rings. The Morgan fingerprint density at radius 2 is 1.63 bits per heavy atom. The van der Waals surface area contributed by atoms with E-state index in [2.05, 4.69) is 26.0 Å². The zero-order valence-electron chi connectivity index (χ0n) is 15.2. The molecule has 0 bridgehead atoms. The topological polar surface area (TPSA) is 118 Å². The first-order valence-corrected chi connectivity index (χ1v) is 10.7. The van der Waals surface area contributed by atoms with Crippen LogP contribution in [0.3, 0.4) is 0 Å². The van der Waals surface area contributed by atoms with Gasteiger partial charge in [0.05, 0.1) is 10.5 Å². The van der Waals surface area contributed by atoms with Gasteiger partial charge in [0.15, 0.2) is 0 Å². The number of rotatable bonds is 6. The Hall–Kier alpha value is -3.24. The van der Waals surface area contributed by atoms with E-state index in [0.717, 1.165) is 16.6 Å². The van der Waals surface area contributed by atoms with Crippen LogP contribution in [0.5, 0.6) is 0 Å². The van der Waals surface area contributed by atoms with Crippen LogP contribution in [-0.4, -0.2) is 20.2 Å². The number of benzene rings is 3. The van der Waals surface area contributed by atoms with Gasteiger partial charge >= 0.3 is 0 Å². The van der Waals surface area contributed by atoms with Crippen LogP contribution < -0.4 is 15.8 Å². The summed E-state index contributed by atoms with van der Waals surface area (Å²) in [4.78, 5) is 23.8. The normalized spacial score (nSPS) is 11.0. The predicted molar refractivity (Wildman–Crippen MR) is 114 cm³/mol. The van der Waals surface area contributed by atoms with Gasteiger partial charge in [0.25, 0.3) is 21.8 Å². The van der Waals surface area contributed by atoms with Crippen LogP contribution in [0.25, 0.3) is 0 Å². The molecule has 0 aromatic heterocycles. The molecule has 0 unspecified atom stereocenters. The lowest BCUT2D eigenvalue weighted by molar-refractivity contribution is 0.0992. The van der Waals surface area contributed by atoms with E-state index in [9.17, 15) is 22.4 Å². The summed E-state index contributed by atoms with van der Waals surface area (Å²) in [5, 5.41) is 2.51. The van der Waals surface area contributed by atoms with Crippen LogP contribution in [0.2, 0.25) is 0 Å². The van der Waals surface area contributed by atoms with Crippen molar-refractivity contribution in [3.63, 3.8) is 0 Å². The highest BCUT2D eigenvalue weighted by Crippen LogP contribution is 2.20. The minimum Gasteiger partial charge on any atom is -0.366 e. The number of halogens is 2. The van der Waals surface area contributed by atoms with E-state index in [1.165, 1.54) is 42.5 Å². The second kappa shape index (κ2) is 8.64. The number of hydrogen-bond acceptors (Lipinski definition) is 4. The first-order chi connectivity index (χ1) is 14.2. The highest BCUT2D eigenvalue weighted by atomic mass is 79.9. The van der Waals surface area contributed by atoms with Gasteiger partial charge in [-0.1, -0.05) is 22.0 Å². The number of nitrogens with two attached hydrogens (primary N) is 1. The van der Waals surface area contributed by atoms with Crippen molar-refractivity contribution in [2.45, 2.75) is 4.90 Å². The van der Waals surface area contributed by atoms with Crippen LogP contribution in [0, 0.1) is 5.82 Å². The van der Waals surface area contributed by atoms with Gasteiger partial charge in [0.2, 0.25) is 0 Å². The quantitative estimate of drug-likeness (QED) is 0.486. The molecule has 0 fully saturated rings. The number of nitrogens with one attached hydrogen (secondary N) is 2. The Morgan fingerprint density at radius 3 is 2.30 bits per heavy atom. The molecule has 10 heteroatoms. The summed E-state index contributed by atoms with van der Waals surface area (Å²) in [6.07, 6.45) is 0. The monoisotopic (exact) mass is 491 g/mol. The molecule has 4 N–H and O–H groups in total. The summed E-state index contributed by atoms with van der Waals surface area (Å²) in [5.74, 6) is -2.35. The number of carbonyl (C=O) groups is 2. The molecule has 0 aliphatic rings. The fourth-order valence-corrected chi connectivity index (χ4v) is 3.86. The van der Waals surface area contributed by atoms with Crippen molar-refractivity contribution >= 4 is 49.1 Å². The minimum absolute atomic E-state index is 0.0610. The maximum absolute atomic E-state index is 13.6. The SMILES string of the molecule is NC(=O)c1cc(NC(=O)c2cccc(NS(=O)(=O)c3ccc(Br)cc3)c2)ccc1F. The molecule has 3 aromatic carbocycles.